The quantitative estimate of drug-likeness (QED) is 0.186. The van der Waals surface area contributed by atoms with Gasteiger partial charge in [-0.1, -0.05) is 115 Å². The molecule has 0 amide bonds. The number of benzene rings is 7. The van der Waals surface area contributed by atoms with Crippen LogP contribution in [0.5, 0.6) is 0 Å². The van der Waals surface area contributed by atoms with E-state index in [0.29, 0.717) is 23.2 Å². The molecular weight excluding hydrogens is 641 g/mol. The van der Waals surface area contributed by atoms with Gasteiger partial charge in [0.25, 0.3) is 0 Å². The highest BCUT2D eigenvalue weighted by Gasteiger charge is 2.20. The molecule has 0 spiro atoms. The summed E-state index contributed by atoms with van der Waals surface area (Å²) in [7, 11) is 0. The Labute approximate surface area is 296 Å². The highest BCUT2D eigenvalue weighted by molar-refractivity contribution is 6.16. The third-order valence-electron chi connectivity index (χ3n) is 10.0. The lowest BCUT2D eigenvalue weighted by Crippen LogP contribution is -2.01. The zero-order valence-corrected chi connectivity index (χ0v) is 27.6. The average molecular weight is 667 g/mol. The minimum Gasteiger partial charge on any atom is -0.456 e. The first kappa shape index (κ1) is 28.6. The van der Waals surface area contributed by atoms with Gasteiger partial charge >= 0.3 is 0 Å². The van der Waals surface area contributed by atoms with Gasteiger partial charge < -0.3 is 8.83 Å². The van der Waals surface area contributed by atoms with E-state index in [2.05, 4.69) is 108 Å². The fourth-order valence-electron chi connectivity index (χ4n) is 7.66. The second-order valence-electron chi connectivity index (χ2n) is 13.0. The Balaban J connectivity index is 1.17. The lowest BCUT2D eigenvalue weighted by Gasteiger charge is -2.13. The third kappa shape index (κ3) is 4.38. The van der Waals surface area contributed by atoms with Gasteiger partial charge in [0.2, 0.25) is 5.71 Å². The molecule has 242 valence electrons. The number of aromatic nitrogens is 4. The van der Waals surface area contributed by atoms with E-state index in [1.807, 2.05) is 48.5 Å². The van der Waals surface area contributed by atoms with Gasteiger partial charge in [-0.2, -0.15) is 0 Å². The summed E-state index contributed by atoms with van der Waals surface area (Å²) >= 11 is 0. The Hall–Kier alpha value is -7.18. The van der Waals surface area contributed by atoms with E-state index in [0.717, 1.165) is 87.7 Å². The standard InChI is InChI=1S/C46H26N4O2/c1-2-11-28-26-29(24-23-27(28)10-1)43-48-44(50-45(49-43)36-18-8-21-39-42(36)35-12-3-4-20-38(35)51-39)34-17-6-13-30-31(14-5-15-32(30)34)33-16-7-22-40-41(33)37-19-9-25-47-46(37)52-40/h1-26H. The second kappa shape index (κ2) is 11.2. The fourth-order valence-corrected chi connectivity index (χ4v) is 7.66. The molecule has 0 bridgehead atoms. The Kier molecular flexibility index (Phi) is 6.15. The van der Waals surface area contributed by atoms with Gasteiger partial charge in [0, 0.05) is 44.4 Å². The minimum absolute atomic E-state index is 0.584. The van der Waals surface area contributed by atoms with E-state index in [9.17, 15) is 0 Å². The van der Waals surface area contributed by atoms with Gasteiger partial charge in [-0.3, -0.25) is 0 Å². The molecule has 6 nitrogen and oxygen atoms in total. The van der Waals surface area contributed by atoms with Crippen molar-refractivity contribution in [1.29, 1.82) is 0 Å². The molecule has 4 heterocycles. The van der Waals surface area contributed by atoms with Crippen LogP contribution in [0.1, 0.15) is 0 Å². The summed E-state index contributed by atoms with van der Waals surface area (Å²) in [6.07, 6.45) is 1.76. The van der Waals surface area contributed by atoms with E-state index in [-0.39, 0.29) is 0 Å². The molecule has 0 saturated heterocycles. The van der Waals surface area contributed by atoms with Crippen LogP contribution in [0, 0.1) is 0 Å². The molecule has 0 N–H and O–H groups in total. The summed E-state index contributed by atoms with van der Waals surface area (Å²) in [5, 5.41) is 8.45. The molecule has 7 aromatic carbocycles. The normalized spacial score (nSPS) is 11.8. The minimum atomic E-state index is 0.584. The van der Waals surface area contributed by atoms with Gasteiger partial charge in [0.15, 0.2) is 17.5 Å². The summed E-state index contributed by atoms with van der Waals surface area (Å²) in [4.78, 5) is 20.1. The lowest BCUT2D eigenvalue weighted by atomic mass is 9.93. The van der Waals surface area contributed by atoms with Gasteiger partial charge in [-0.15, -0.1) is 0 Å². The lowest BCUT2D eigenvalue weighted by molar-refractivity contribution is 0.654. The van der Waals surface area contributed by atoms with Gasteiger partial charge in [0.1, 0.15) is 16.7 Å². The Bertz CT molecular complexity index is 3210. The van der Waals surface area contributed by atoms with Crippen LogP contribution in [-0.4, -0.2) is 19.9 Å². The molecule has 0 unspecified atom stereocenters. The van der Waals surface area contributed by atoms with Crippen LogP contribution in [0.15, 0.2) is 167 Å². The number of hydrogen-bond acceptors (Lipinski definition) is 6. The number of fused-ring (bicyclic) bond motifs is 8. The summed E-state index contributed by atoms with van der Waals surface area (Å²) in [5.74, 6) is 1.78. The van der Waals surface area contributed by atoms with Crippen molar-refractivity contribution >= 4 is 65.6 Å². The third-order valence-corrected chi connectivity index (χ3v) is 10.0. The zero-order chi connectivity index (χ0) is 34.2. The van der Waals surface area contributed by atoms with E-state index in [4.69, 9.17) is 23.8 Å². The summed E-state index contributed by atoms with van der Waals surface area (Å²) < 4.78 is 12.4. The fraction of sp³-hybridized carbons (Fsp3) is 0. The molecule has 0 atom stereocenters. The van der Waals surface area contributed by atoms with Crippen molar-refractivity contribution in [2.45, 2.75) is 0 Å². The molecule has 6 heteroatoms. The van der Waals surface area contributed by atoms with Crippen LogP contribution in [0.2, 0.25) is 0 Å². The van der Waals surface area contributed by atoms with E-state index in [1.165, 1.54) is 0 Å². The van der Waals surface area contributed by atoms with Crippen LogP contribution in [0.3, 0.4) is 0 Å². The van der Waals surface area contributed by atoms with Gasteiger partial charge in [-0.25, -0.2) is 19.9 Å². The molecule has 11 rings (SSSR count). The van der Waals surface area contributed by atoms with Gasteiger partial charge in [0.05, 0.1) is 0 Å². The number of rotatable bonds is 4. The molecule has 0 fully saturated rings. The van der Waals surface area contributed by atoms with Crippen molar-refractivity contribution in [3.8, 4) is 45.3 Å². The Morgan fingerprint density at radius 2 is 0.962 bits per heavy atom. The molecular formula is C46H26N4O2. The molecule has 0 radical (unpaired) electrons. The Morgan fingerprint density at radius 1 is 0.365 bits per heavy atom. The highest BCUT2D eigenvalue weighted by Crippen LogP contribution is 2.41. The van der Waals surface area contributed by atoms with Crippen molar-refractivity contribution in [2.24, 2.45) is 0 Å². The van der Waals surface area contributed by atoms with Crippen molar-refractivity contribution in [3.63, 3.8) is 0 Å². The zero-order valence-electron chi connectivity index (χ0n) is 27.6. The van der Waals surface area contributed by atoms with Gasteiger partial charge in [-0.05, 0) is 69.1 Å². The molecule has 0 saturated carbocycles. The first-order chi connectivity index (χ1) is 25.8. The van der Waals surface area contributed by atoms with E-state index in [1.54, 1.807) is 6.20 Å². The van der Waals surface area contributed by atoms with Crippen LogP contribution in [0.4, 0.5) is 0 Å². The topological polar surface area (TPSA) is 77.8 Å². The number of furan rings is 2. The molecule has 0 aliphatic carbocycles. The number of nitrogens with zero attached hydrogens (tertiary/aromatic N) is 4. The molecule has 11 aromatic rings. The van der Waals surface area contributed by atoms with Crippen LogP contribution in [-0.2, 0) is 0 Å². The van der Waals surface area contributed by atoms with Crippen LogP contribution < -0.4 is 0 Å². The SMILES string of the molecule is c1ccc2cc(-c3nc(-c4cccc5c(-c6cccc7oc8ncccc8c67)cccc45)nc(-c4cccc5oc6ccccc6c45)n3)ccc2c1. The first-order valence-electron chi connectivity index (χ1n) is 17.2. The highest BCUT2D eigenvalue weighted by atomic mass is 16.3. The molecule has 0 aliphatic rings. The first-order valence-corrected chi connectivity index (χ1v) is 17.2. The van der Waals surface area contributed by atoms with Crippen LogP contribution >= 0.6 is 0 Å². The van der Waals surface area contributed by atoms with Crippen molar-refractivity contribution in [2.75, 3.05) is 0 Å². The number of pyridine rings is 1. The predicted molar refractivity (Wildman–Crippen MR) is 209 cm³/mol. The van der Waals surface area contributed by atoms with E-state index >= 15 is 0 Å². The average Bonchev–Trinajstić information content (AvgIpc) is 3.79. The second-order valence-corrected chi connectivity index (χ2v) is 13.0. The largest absolute Gasteiger partial charge is 0.456 e. The number of para-hydroxylation sites is 1. The van der Waals surface area contributed by atoms with Crippen LogP contribution in [0.25, 0.3) is 111 Å². The Morgan fingerprint density at radius 3 is 1.85 bits per heavy atom. The number of hydrogen-bond donors (Lipinski definition) is 0. The smallest absolute Gasteiger partial charge is 0.227 e. The summed E-state index contributed by atoms with van der Waals surface area (Å²) in [6.45, 7) is 0. The maximum Gasteiger partial charge on any atom is 0.227 e. The summed E-state index contributed by atoms with van der Waals surface area (Å²) in [6, 6.07) is 51.8. The maximum atomic E-state index is 6.28. The van der Waals surface area contributed by atoms with Crippen molar-refractivity contribution in [1.82, 2.24) is 19.9 Å². The van der Waals surface area contributed by atoms with E-state index < -0.39 is 0 Å². The monoisotopic (exact) mass is 666 g/mol. The van der Waals surface area contributed by atoms with Crippen molar-refractivity contribution in [3.05, 3.63) is 158 Å². The molecule has 52 heavy (non-hydrogen) atoms. The molecule has 0 aliphatic heterocycles. The van der Waals surface area contributed by atoms with Crippen molar-refractivity contribution < 1.29 is 8.83 Å². The molecule has 4 aromatic heterocycles. The summed E-state index contributed by atoms with van der Waals surface area (Å²) in [5.41, 5.74) is 7.95. The predicted octanol–water partition coefficient (Wildman–Crippen LogP) is 12.0. The maximum absolute atomic E-state index is 6.28.